The molecule has 3 fully saturated rings. The van der Waals surface area contributed by atoms with Crippen molar-refractivity contribution in [2.75, 3.05) is 20.3 Å². The van der Waals surface area contributed by atoms with Crippen molar-refractivity contribution in [2.45, 2.75) is 24.6 Å². The average molecular weight is 267 g/mol. The molecular weight excluding hydrogens is 255 g/mol. The Morgan fingerprint density at radius 2 is 1.94 bits per heavy atom. The molecule has 0 spiro atoms. The first-order chi connectivity index (χ1) is 8.17. The predicted octanol–water partition coefficient (Wildman–Crippen LogP) is 0.641. The van der Waals surface area contributed by atoms with Crippen LogP contribution in [0, 0.1) is 5.41 Å². The molecule has 0 unspecified atom stereocenters. The molecule has 2 saturated heterocycles. The number of carbonyl (C=O) groups excluding carboxylic acids is 1. The summed E-state index contributed by atoms with van der Waals surface area (Å²) in [5.41, 5.74) is -2.35. The molecule has 0 atom stereocenters. The molecule has 0 aromatic heterocycles. The number of carboxylic acid groups (broad SMARTS) is 1. The van der Waals surface area contributed by atoms with Crippen LogP contribution in [0.5, 0.6) is 0 Å². The molecule has 0 aromatic rings. The van der Waals surface area contributed by atoms with Gasteiger partial charge < -0.3 is 14.7 Å². The summed E-state index contributed by atoms with van der Waals surface area (Å²) in [6, 6.07) is 0. The molecular formula is C10H12F3NO4. The van der Waals surface area contributed by atoms with Crippen molar-refractivity contribution in [3.05, 3.63) is 0 Å². The summed E-state index contributed by atoms with van der Waals surface area (Å²) < 4.78 is 42.2. The van der Waals surface area contributed by atoms with E-state index in [0.29, 0.717) is 4.90 Å². The Morgan fingerprint density at radius 3 is 2.33 bits per heavy atom. The number of alkyl halides is 3. The van der Waals surface area contributed by atoms with Crippen LogP contribution in [0.1, 0.15) is 12.8 Å². The van der Waals surface area contributed by atoms with Gasteiger partial charge in [0.25, 0.3) is 0 Å². The van der Waals surface area contributed by atoms with Gasteiger partial charge in [-0.15, -0.1) is 0 Å². The second-order valence-corrected chi connectivity index (χ2v) is 5.01. The third kappa shape index (κ3) is 1.58. The number of carbonyl (C=O) groups is 2. The second kappa shape index (κ2) is 3.59. The molecule has 5 nitrogen and oxygen atoms in total. The lowest BCUT2D eigenvalue weighted by Gasteiger charge is -2.44. The molecule has 0 radical (unpaired) electrons. The lowest BCUT2D eigenvalue weighted by Crippen LogP contribution is -2.59. The van der Waals surface area contributed by atoms with Crippen molar-refractivity contribution in [1.29, 1.82) is 0 Å². The van der Waals surface area contributed by atoms with Gasteiger partial charge in [-0.25, -0.2) is 4.79 Å². The first-order valence-corrected chi connectivity index (χ1v) is 5.28. The number of amides is 1. The van der Waals surface area contributed by atoms with Crippen LogP contribution >= 0.6 is 0 Å². The maximum Gasteiger partial charge on any atom is 0.471 e. The van der Waals surface area contributed by atoms with Gasteiger partial charge in [0.2, 0.25) is 0 Å². The van der Waals surface area contributed by atoms with Gasteiger partial charge in [0.1, 0.15) is 5.54 Å². The summed E-state index contributed by atoms with van der Waals surface area (Å²) in [7, 11) is 1.39. The van der Waals surface area contributed by atoms with Crippen LogP contribution in [0.25, 0.3) is 0 Å². The summed E-state index contributed by atoms with van der Waals surface area (Å²) in [5, 5.41) is 9.08. The zero-order valence-electron chi connectivity index (χ0n) is 9.58. The van der Waals surface area contributed by atoms with Crippen molar-refractivity contribution in [3.63, 3.8) is 0 Å². The number of aliphatic carboxylic acids is 1. The normalized spacial score (nSPS) is 34.3. The number of nitrogens with zero attached hydrogens (tertiary/aromatic N) is 1. The maximum atomic E-state index is 12.4. The van der Waals surface area contributed by atoms with E-state index in [1.807, 2.05) is 0 Å². The lowest BCUT2D eigenvalue weighted by atomic mass is 9.62. The van der Waals surface area contributed by atoms with E-state index >= 15 is 0 Å². The molecule has 1 N–H and O–H groups in total. The number of hydrogen-bond donors (Lipinski definition) is 1. The number of halogens is 3. The average Bonchev–Trinajstić information content (AvgIpc) is 2.66. The molecule has 2 aliphatic heterocycles. The van der Waals surface area contributed by atoms with Gasteiger partial charge in [0, 0.05) is 19.1 Å². The highest BCUT2D eigenvalue weighted by atomic mass is 19.4. The van der Waals surface area contributed by atoms with Crippen LogP contribution in [0.4, 0.5) is 13.2 Å². The van der Waals surface area contributed by atoms with Gasteiger partial charge in [-0.05, 0) is 12.8 Å². The molecule has 3 rings (SSSR count). The molecule has 1 amide bonds. The fraction of sp³-hybridized carbons (Fsp3) is 0.800. The Kier molecular flexibility index (Phi) is 2.62. The summed E-state index contributed by atoms with van der Waals surface area (Å²) in [6.07, 6.45) is -5.01. The Morgan fingerprint density at radius 1 is 1.39 bits per heavy atom. The van der Waals surface area contributed by atoms with E-state index in [4.69, 9.17) is 9.84 Å². The molecule has 3 aliphatic rings. The molecule has 2 bridgehead atoms. The van der Waals surface area contributed by atoms with Crippen molar-refractivity contribution >= 4 is 11.9 Å². The third-order valence-electron chi connectivity index (χ3n) is 3.68. The number of ether oxygens (including phenoxy) is 1. The Bertz CT molecular complexity index is 400. The van der Waals surface area contributed by atoms with Gasteiger partial charge in [-0.2, -0.15) is 13.2 Å². The number of methoxy groups -OCH3 is 1. The quantitative estimate of drug-likeness (QED) is 0.815. The van der Waals surface area contributed by atoms with Crippen LogP contribution < -0.4 is 0 Å². The largest absolute Gasteiger partial charge is 0.479 e. The first-order valence-electron chi connectivity index (χ1n) is 5.28. The molecule has 8 heteroatoms. The van der Waals surface area contributed by atoms with Crippen LogP contribution in [0.15, 0.2) is 0 Å². The van der Waals surface area contributed by atoms with Crippen molar-refractivity contribution in [1.82, 2.24) is 4.90 Å². The monoisotopic (exact) mass is 267 g/mol. The van der Waals surface area contributed by atoms with Crippen LogP contribution in [0.3, 0.4) is 0 Å². The summed E-state index contributed by atoms with van der Waals surface area (Å²) in [5.74, 6) is -3.47. The first kappa shape index (κ1) is 13.1. The summed E-state index contributed by atoms with van der Waals surface area (Å²) in [6.45, 7) is -0.0604. The SMILES string of the molecule is COCC12CN(C(=O)C(F)(F)F)C(C(=O)O)(C1)C2. The highest BCUT2D eigenvalue weighted by Gasteiger charge is 2.72. The van der Waals surface area contributed by atoms with E-state index in [2.05, 4.69) is 0 Å². The zero-order chi connectivity index (χ0) is 13.8. The molecule has 102 valence electrons. The minimum atomic E-state index is -5.05. The number of carboxylic acids is 1. The van der Waals surface area contributed by atoms with Gasteiger partial charge >= 0.3 is 18.1 Å². The summed E-state index contributed by atoms with van der Waals surface area (Å²) in [4.78, 5) is 22.8. The fourth-order valence-corrected chi connectivity index (χ4v) is 3.12. The van der Waals surface area contributed by atoms with Crippen LogP contribution in [0.2, 0.25) is 0 Å². The van der Waals surface area contributed by atoms with E-state index in [0.717, 1.165) is 0 Å². The second-order valence-electron chi connectivity index (χ2n) is 5.01. The number of rotatable bonds is 3. The van der Waals surface area contributed by atoms with Crippen LogP contribution in [-0.2, 0) is 14.3 Å². The highest BCUT2D eigenvalue weighted by molar-refractivity contribution is 5.92. The van der Waals surface area contributed by atoms with Gasteiger partial charge in [0.15, 0.2) is 0 Å². The Balaban J connectivity index is 2.27. The molecule has 18 heavy (non-hydrogen) atoms. The standard InChI is InChI=1S/C10H12F3NO4/c1-18-5-8-2-9(3-8,7(16)17)14(4-8)6(15)10(11,12)13/h2-5H2,1H3,(H,16,17). The zero-order valence-corrected chi connectivity index (χ0v) is 9.58. The van der Waals surface area contributed by atoms with Crippen LogP contribution in [-0.4, -0.2) is 53.9 Å². The Hall–Kier alpha value is -1.31. The van der Waals surface area contributed by atoms with Gasteiger partial charge in [0.05, 0.1) is 6.61 Å². The van der Waals surface area contributed by atoms with E-state index in [1.165, 1.54) is 7.11 Å². The van der Waals surface area contributed by atoms with E-state index in [-0.39, 0.29) is 26.0 Å². The van der Waals surface area contributed by atoms with E-state index < -0.39 is 29.0 Å². The van der Waals surface area contributed by atoms with Crippen molar-refractivity contribution in [2.24, 2.45) is 5.41 Å². The predicted molar refractivity (Wildman–Crippen MR) is 51.7 cm³/mol. The molecule has 0 aromatic carbocycles. The fourth-order valence-electron chi connectivity index (χ4n) is 3.12. The van der Waals surface area contributed by atoms with Crippen molar-refractivity contribution < 1.29 is 32.6 Å². The minimum absolute atomic E-state index is 0.0188. The summed E-state index contributed by atoms with van der Waals surface area (Å²) >= 11 is 0. The smallest absolute Gasteiger partial charge is 0.471 e. The maximum absolute atomic E-state index is 12.4. The van der Waals surface area contributed by atoms with E-state index in [9.17, 15) is 22.8 Å². The third-order valence-corrected chi connectivity index (χ3v) is 3.68. The Labute approximate surface area is 100 Å². The number of hydrogen-bond acceptors (Lipinski definition) is 3. The topological polar surface area (TPSA) is 66.8 Å². The molecule has 2 heterocycles. The minimum Gasteiger partial charge on any atom is -0.479 e. The van der Waals surface area contributed by atoms with Gasteiger partial charge in [-0.3, -0.25) is 4.79 Å². The molecule has 1 aliphatic carbocycles. The highest BCUT2D eigenvalue weighted by Crippen LogP contribution is 2.60. The van der Waals surface area contributed by atoms with Gasteiger partial charge in [-0.1, -0.05) is 0 Å². The van der Waals surface area contributed by atoms with E-state index in [1.54, 1.807) is 0 Å². The molecule has 1 saturated carbocycles. The number of fused-ring (bicyclic) bond motifs is 1. The van der Waals surface area contributed by atoms with Crippen molar-refractivity contribution in [3.8, 4) is 0 Å². The lowest BCUT2D eigenvalue weighted by molar-refractivity contribution is -0.192.